The van der Waals surface area contributed by atoms with Crippen LogP contribution in [0.1, 0.15) is 51.9 Å². The van der Waals surface area contributed by atoms with Crippen LogP contribution in [0.2, 0.25) is 0 Å². The highest BCUT2D eigenvalue weighted by Gasteiger charge is 2.59. The summed E-state index contributed by atoms with van der Waals surface area (Å²) in [6.45, 7) is 2.66. The molecule has 5 aliphatic carbocycles. The second-order valence-electron chi connectivity index (χ2n) is 9.02. The topological polar surface area (TPSA) is 93.4 Å². The van der Waals surface area contributed by atoms with Crippen LogP contribution < -0.4 is 16.4 Å². The quantitative estimate of drug-likeness (QED) is 0.632. The van der Waals surface area contributed by atoms with Crippen LogP contribution in [0.5, 0.6) is 0 Å². The average molecular weight is 361 g/mol. The molecule has 2 unspecified atom stereocenters. The molecule has 2 atom stereocenters. The van der Waals surface area contributed by atoms with Gasteiger partial charge in [-0.3, -0.25) is 4.79 Å². The monoisotopic (exact) mass is 361 g/mol. The first-order valence-corrected chi connectivity index (χ1v) is 10.1. The van der Waals surface area contributed by atoms with Crippen LogP contribution in [0.15, 0.2) is 11.6 Å². The fraction of sp³-hybridized carbons (Fsp3) is 0.800. The minimum Gasteiger partial charge on any atom is -0.445 e. The number of carbonyl (C=O) groups excluding carboxylic acids is 2. The van der Waals surface area contributed by atoms with Crippen LogP contribution in [-0.4, -0.2) is 37.2 Å². The van der Waals surface area contributed by atoms with E-state index in [-0.39, 0.29) is 30.1 Å². The molecule has 144 valence electrons. The minimum absolute atomic E-state index is 0.153. The van der Waals surface area contributed by atoms with E-state index in [4.69, 9.17) is 10.5 Å². The zero-order chi connectivity index (χ0) is 18.3. The summed E-state index contributed by atoms with van der Waals surface area (Å²) in [5.41, 5.74) is 6.36. The molecule has 2 amide bonds. The van der Waals surface area contributed by atoms with Crippen molar-refractivity contribution in [1.82, 2.24) is 10.6 Å². The van der Waals surface area contributed by atoms with Crippen LogP contribution in [0.3, 0.4) is 0 Å². The van der Waals surface area contributed by atoms with Gasteiger partial charge in [0.25, 0.3) is 0 Å². The number of ether oxygens (including phenoxy) is 1. The summed E-state index contributed by atoms with van der Waals surface area (Å²) < 4.78 is 5.29. The van der Waals surface area contributed by atoms with Gasteiger partial charge in [0.15, 0.2) is 0 Å². The molecule has 0 aromatic rings. The summed E-state index contributed by atoms with van der Waals surface area (Å²) >= 11 is 0. The maximum absolute atomic E-state index is 12.9. The second kappa shape index (κ2) is 6.87. The van der Waals surface area contributed by atoms with E-state index in [1.807, 2.05) is 13.0 Å². The zero-order valence-corrected chi connectivity index (χ0v) is 15.6. The van der Waals surface area contributed by atoms with Crippen molar-refractivity contribution in [1.29, 1.82) is 0 Å². The standard InChI is InChI=1S/C20H31N3O3/c1-12(11-21)4-5-26-19(25)23-17-14-6-13-7-15(17)10-20(8-13,9-14)18(24)22-16-2-3-16/h4,13-17H,2-3,5-11,21H2,1H3,(H,22,24)(H,23,25)/b12-4+. The maximum Gasteiger partial charge on any atom is 0.407 e. The molecule has 5 fully saturated rings. The van der Waals surface area contributed by atoms with Crippen molar-refractivity contribution in [2.45, 2.75) is 64.0 Å². The van der Waals surface area contributed by atoms with Gasteiger partial charge in [0.1, 0.15) is 6.61 Å². The number of hydrogen-bond donors (Lipinski definition) is 3. The van der Waals surface area contributed by atoms with E-state index in [2.05, 4.69) is 10.6 Å². The molecule has 5 saturated carbocycles. The third kappa shape index (κ3) is 3.48. The van der Waals surface area contributed by atoms with Gasteiger partial charge in [-0.05, 0) is 75.7 Å². The van der Waals surface area contributed by atoms with Gasteiger partial charge in [-0.1, -0.05) is 5.57 Å². The smallest absolute Gasteiger partial charge is 0.407 e. The molecule has 0 aliphatic heterocycles. The normalized spacial score (nSPS) is 38.2. The van der Waals surface area contributed by atoms with Crippen LogP contribution in [-0.2, 0) is 9.53 Å². The molecule has 0 aromatic heterocycles. The first-order chi connectivity index (χ1) is 12.5. The van der Waals surface area contributed by atoms with Crippen molar-refractivity contribution < 1.29 is 14.3 Å². The highest BCUT2D eigenvalue weighted by Crippen LogP contribution is 2.60. The molecule has 0 heterocycles. The number of alkyl carbamates (subject to hydrolysis) is 1. The molecular formula is C20H31N3O3. The van der Waals surface area contributed by atoms with Gasteiger partial charge in [0.05, 0.1) is 5.41 Å². The van der Waals surface area contributed by atoms with Crippen LogP contribution >= 0.6 is 0 Å². The van der Waals surface area contributed by atoms with Crippen LogP contribution in [0.25, 0.3) is 0 Å². The lowest BCUT2D eigenvalue weighted by atomic mass is 9.47. The molecule has 4 N–H and O–H groups in total. The van der Waals surface area contributed by atoms with Crippen molar-refractivity contribution in [2.24, 2.45) is 28.9 Å². The van der Waals surface area contributed by atoms with Crippen molar-refractivity contribution >= 4 is 12.0 Å². The highest BCUT2D eigenvalue weighted by atomic mass is 16.5. The number of hydrogen-bond acceptors (Lipinski definition) is 4. The first kappa shape index (κ1) is 17.8. The third-order valence-corrected chi connectivity index (χ3v) is 6.92. The number of nitrogens with one attached hydrogen (secondary N) is 2. The van der Waals surface area contributed by atoms with Gasteiger partial charge in [-0.25, -0.2) is 4.79 Å². The molecule has 26 heavy (non-hydrogen) atoms. The molecule has 0 radical (unpaired) electrons. The Balaban J connectivity index is 1.36. The summed E-state index contributed by atoms with van der Waals surface area (Å²) in [6, 6.07) is 0.574. The number of carbonyl (C=O) groups is 2. The lowest BCUT2D eigenvalue weighted by molar-refractivity contribution is -0.149. The molecule has 6 nitrogen and oxygen atoms in total. The number of rotatable bonds is 6. The van der Waals surface area contributed by atoms with Gasteiger partial charge >= 0.3 is 6.09 Å². The van der Waals surface area contributed by atoms with E-state index in [1.54, 1.807) is 0 Å². The molecule has 5 aliphatic rings. The molecule has 0 saturated heterocycles. The average Bonchev–Trinajstić information content (AvgIpc) is 3.41. The van der Waals surface area contributed by atoms with E-state index >= 15 is 0 Å². The predicted octanol–water partition coefficient (Wildman–Crippen LogP) is 2.09. The van der Waals surface area contributed by atoms with Gasteiger partial charge in [0, 0.05) is 18.6 Å². The lowest BCUT2D eigenvalue weighted by Crippen LogP contribution is -2.62. The summed E-state index contributed by atoms with van der Waals surface area (Å²) in [4.78, 5) is 25.1. The Hall–Kier alpha value is -1.56. The van der Waals surface area contributed by atoms with Gasteiger partial charge < -0.3 is 21.1 Å². The fourth-order valence-electron chi connectivity index (χ4n) is 5.62. The lowest BCUT2D eigenvalue weighted by Gasteiger charge is -2.59. The SMILES string of the molecule is C/C(=C\COC(=O)NC1C2CC3CC1CC(C(=O)NC1CC1)(C3)C2)CN. The Morgan fingerprint density at radius 3 is 2.46 bits per heavy atom. The molecular weight excluding hydrogens is 330 g/mol. The van der Waals surface area contributed by atoms with Gasteiger partial charge in [-0.15, -0.1) is 0 Å². The van der Waals surface area contributed by atoms with Crippen molar-refractivity contribution in [2.75, 3.05) is 13.2 Å². The molecule has 4 bridgehead atoms. The van der Waals surface area contributed by atoms with Crippen molar-refractivity contribution in [3.05, 3.63) is 11.6 Å². The highest BCUT2D eigenvalue weighted by molar-refractivity contribution is 5.84. The first-order valence-electron chi connectivity index (χ1n) is 10.1. The Kier molecular flexibility index (Phi) is 4.71. The summed E-state index contributed by atoms with van der Waals surface area (Å²) in [5.74, 6) is 1.73. The number of nitrogens with two attached hydrogens (primary N) is 1. The minimum atomic E-state index is -0.347. The second-order valence-corrected chi connectivity index (χ2v) is 9.02. The van der Waals surface area contributed by atoms with Crippen LogP contribution in [0, 0.1) is 23.2 Å². The van der Waals surface area contributed by atoms with Crippen molar-refractivity contribution in [3.8, 4) is 0 Å². The van der Waals surface area contributed by atoms with Gasteiger partial charge in [-0.2, -0.15) is 0 Å². The van der Waals surface area contributed by atoms with E-state index in [9.17, 15) is 9.59 Å². The zero-order valence-electron chi connectivity index (χ0n) is 15.6. The summed E-state index contributed by atoms with van der Waals surface area (Å²) in [6.07, 6.45) is 8.88. The molecule has 5 rings (SSSR count). The largest absolute Gasteiger partial charge is 0.445 e. The fourth-order valence-corrected chi connectivity index (χ4v) is 5.62. The van der Waals surface area contributed by atoms with E-state index in [1.165, 1.54) is 0 Å². The summed E-state index contributed by atoms with van der Waals surface area (Å²) in [7, 11) is 0. The predicted molar refractivity (Wildman–Crippen MR) is 98.2 cm³/mol. The third-order valence-electron chi connectivity index (χ3n) is 6.92. The van der Waals surface area contributed by atoms with Gasteiger partial charge in [0.2, 0.25) is 5.91 Å². The molecule has 0 aromatic carbocycles. The Bertz CT molecular complexity index is 597. The Morgan fingerprint density at radius 1 is 1.15 bits per heavy atom. The summed E-state index contributed by atoms with van der Waals surface area (Å²) in [5, 5.41) is 6.35. The molecule has 6 heteroatoms. The van der Waals surface area contributed by atoms with Crippen molar-refractivity contribution in [3.63, 3.8) is 0 Å². The van der Waals surface area contributed by atoms with Crippen LogP contribution in [0.4, 0.5) is 4.79 Å². The Labute approximate surface area is 155 Å². The Morgan fingerprint density at radius 2 is 1.85 bits per heavy atom. The van der Waals surface area contributed by atoms with E-state index in [0.29, 0.717) is 30.3 Å². The molecule has 0 spiro atoms. The maximum atomic E-state index is 12.9. The van der Waals surface area contributed by atoms with E-state index in [0.717, 1.165) is 50.5 Å². The van der Waals surface area contributed by atoms with E-state index < -0.39 is 0 Å². The number of amides is 2.